The van der Waals surface area contributed by atoms with Crippen molar-refractivity contribution < 1.29 is 49.3 Å². The molecule has 1 heterocycles. The molecule has 1 aliphatic heterocycles. The highest BCUT2D eigenvalue weighted by Gasteiger charge is 2.45. The van der Waals surface area contributed by atoms with E-state index in [0.29, 0.717) is 12.8 Å². The van der Waals surface area contributed by atoms with Crippen molar-refractivity contribution in [3.05, 3.63) is 0 Å². The van der Waals surface area contributed by atoms with E-state index in [9.17, 15) is 35.1 Å². The molecule has 1 rings (SSSR count). The van der Waals surface area contributed by atoms with E-state index in [1.165, 1.54) is 32.1 Å². The number of aliphatic hydroxyl groups excluding tert-OH is 5. The number of rotatable bonds is 23. The summed E-state index contributed by atoms with van der Waals surface area (Å²) >= 11 is 0. The number of ether oxygens (including phenoxy) is 3. The highest BCUT2D eigenvalue weighted by atomic mass is 16.7. The first-order valence-electron chi connectivity index (χ1n) is 15.6. The minimum Gasteiger partial charge on any atom is -0.394 e. The van der Waals surface area contributed by atoms with Crippen molar-refractivity contribution in [3.8, 4) is 0 Å². The second kappa shape index (κ2) is 22.5. The number of carbonyl (C=O) groups excluding carboxylic acids is 2. The van der Waals surface area contributed by atoms with Crippen LogP contribution in [-0.2, 0) is 23.8 Å². The van der Waals surface area contributed by atoms with Crippen LogP contribution in [0.5, 0.6) is 0 Å². The van der Waals surface area contributed by atoms with Gasteiger partial charge in [0.15, 0.2) is 6.29 Å². The van der Waals surface area contributed by atoms with Gasteiger partial charge in [-0.3, -0.25) is 9.59 Å². The van der Waals surface area contributed by atoms with Crippen molar-refractivity contribution in [3.63, 3.8) is 0 Å². The van der Waals surface area contributed by atoms with Gasteiger partial charge in [0.25, 0.3) is 0 Å². The van der Waals surface area contributed by atoms with E-state index in [1.54, 1.807) is 0 Å². The highest BCUT2D eigenvalue weighted by molar-refractivity contribution is 5.85. The van der Waals surface area contributed by atoms with Crippen molar-refractivity contribution in [1.82, 2.24) is 0 Å². The molecule has 7 atom stereocenters. The summed E-state index contributed by atoms with van der Waals surface area (Å²) in [6.45, 7) is 3.72. The number of hydrogen-bond donors (Lipinski definition) is 5. The predicted octanol–water partition coefficient (Wildman–Crippen LogP) is 3.66. The molecule has 0 radical (unpaired) electrons. The maximum Gasteiger partial charge on any atom is 0.316 e. The zero-order valence-corrected chi connectivity index (χ0v) is 24.8. The summed E-state index contributed by atoms with van der Waals surface area (Å²) in [6.07, 6.45) is 6.54. The molecule has 236 valence electrons. The molecule has 10 heteroatoms. The van der Waals surface area contributed by atoms with Gasteiger partial charge >= 0.3 is 11.9 Å². The first kappa shape index (κ1) is 36.9. The molecule has 1 saturated heterocycles. The van der Waals surface area contributed by atoms with E-state index in [-0.39, 0.29) is 12.8 Å². The molecule has 0 bridgehead atoms. The van der Waals surface area contributed by atoms with Gasteiger partial charge in [-0.25, -0.2) is 0 Å². The lowest BCUT2D eigenvalue weighted by Gasteiger charge is -2.40. The second-order valence-electron chi connectivity index (χ2n) is 11.2. The van der Waals surface area contributed by atoms with E-state index in [1.807, 2.05) is 0 Å². The summed E-state index contributed by atoms with van der Waals surface area (Å²) in [5.74, 6) is -1.62. The molecule has 0 aromatic rings. The average Bonchev–Trinajstić information content (AvgIpc) is 2.91. The third-order valence-electron chi connectivity index (χ3n) is 7.47. The van der Waals surface area contributed by atoms with Gasteiger partial charge in [-0.2, -0.15) is 0 Å². The van der Waals surface area contributed by atoms with Crippen molar-refractivity contribution in [1.29, 1.82) is 0 Å². The lowest BCUT2D eigenvalue weighted by atomic mass is 9.99. The quantitative estimate of drug-likeness (QED) is 0.0689. The normalized spacial score (nSPS) is 24.5. The fraction of sp³-hybridized carbons (Fsp3) is 0.933. The Morgan fingerprint density at radius 3 is 1.75 bits per heavy atom. The zero-order chi connectivity index (χ0) is 29.8. The fourth-order valence-corrected chi connectivity index (χ4v) is 4.94. The molecule has 0 aromatic heterocycles. The van der Waals surface area contributed by atoms with Gasteiger partial charge < -0.3 is 39.7 Å². The van der Waals surface area contributed by atoms with Crippen molar-refractivity contribution in [2.75, 3.05) is 6.61 Å². The molecule has 0 saturated carbocycles. The Balaban J connectivity index is 2.59. The van der Waals surface area contributed by atoms with Crippen LogP contribution in [0.4, 0.5) is 0 Å². The summed E-state index contributed by atoms with van der Waals surface area (Å²) in [7, 11) is 0. The summed E-state index contributed by atoms with van der Waals surface area (Å²) in [5, 5.41) is 50.0. The minimum atomic E-state index is -1.60. The van der Waals surface area contributed by atoms with Crippen LogP contribution in [0.15, 0.2) is 0 Å². The number of aliphatic hydroxyl groups is 5. The number of hydrogen-bond acceptors (Lipinski definition) is 10. The van der Waals surface area contributed by atoms with Crippen LogP contribution in [0.2, 0.25) is 0 Å². The van der Waals surface area contributed by atoms with Crippen LogP contribution in [0.25, 0.3) is 0 Å². The van der Waals surface area contributed by atoms with E-state index in [4.69, 9.17) is 14.2 Å². The molecule has 10 nitrogen and oxygen atoms in total. The third kappa shape index (κ3) is 15.7. The summed E-state index contributed by atoms with van der Waals surface area (Å²) in [5.41, 5.74) is 0. The van der Waals surface area contributed by atoms with Gasteiger partial charge in [0.2, 0.25) is 0 Å². The molecule has 0 aliphatic carbocycles. The highest BCUT2D eigenvalue weighted by Crippen LogP contribution is 2.25. The Morgan fingerprint density at radius 1 is 0.700 bits per heavy atom. The first-order chi connectivity index (χ1) is 19.2. The predicted molar refractivity (Wildman–Crippen MR) is 150 cm³/mol. The maximum atomic E-state index is 12.6. The van der Waals surface area contributed by atoms with Gasteiger partial charge in [0, 0.05) is 0 Å². The summed E-state index contributed by atoms with van der Waals surface area (Å²) in [4.78, 5) is 24.8. The van der Waals surface area contributed by atoms with Gasteiger partial charge in [-0.1, -0.05) is 104 Å². The Morgan fingerprint density at radius 2 is 1.20 bits per heavy atom. The molecule has 2 unspecified atom stereocenters. The molecular formula is C30H56O10. The van der Waals surface area contributed by atoms with Gasteiger partial charge in [0.05, 0.1) is 31.7 Å². The van der Waals surface area contributed by atoms with Crippen LogP contribution in [0, 0.1) is 0 Å². The van der Waals surface area contributed by atoms with E-state index < -0.39 is 61.5 Å². The molecular weight excluding hydrogens is 520 g/mol. The summed E-state index contributed by atoms with van der Waals surface area (Å²) < 4.78 is 16.2. The van der Waals surface area contributed by atoms with E-state index in [2.05, 4.69) is 13.8 Å². The number of unbranched alkanes of at least 4 members (excludes halogenated alkanes) is 12. The Hall–Kier alpha value is -1.14. The van der Waals surface area contributed by atoms with Crippen LogP contribution < -0.4 is 0 Å². The summed E-state index contributed by atoms with van der Waals surface area (Å²) in [6, 6.07) is 0. The average molecular weight is 577 g/mol. The maximum absolute atomic E-state index is 12.6. The molecule has 1 fully saturated rings. The Bertz CT molecular complexity index is 658. The van der Waals surface area contributed by atoms with Crippen molar-refractivity contribution in [2.45, 2.75) is 172 Å². The van der Waals surface area contributed by atoms with Crippen LogP contribution in [0.1, 0.15) is 129 Å². The lowest BCUT2D eigenvalue weighted by molar-refractivity contribution is -0.311. The molecule has 1 aliphatic rings. The SMILES string of the molecule is CCCCCCCCCCCC(CC(=O)OC(=O)CC(O)CCCCCCC)O[C@@H]1O[C@H](CO)[C@@H](O)[C@H](O)[C@H]1O. The van der Waals surface area contributed by atoms with Gasteiger partial charge in [-0.05, 0) is 12.8 Å². The topological polar surface area (TPSA) is 163 Å². The Labute approximate surface area is 240 Å². The van der Waals surface area contributed by atoms with E-state index >= 15 is 0 Å². The second-order valence-corrected chi connectivity index (χ2v) is 11.2. The fourth-order valence-electron chi connectivity index (χ4n) is 4.94. The van der Waals surface area contributed by atoms with E-state index in [0.717, 1.165) is 57.8 Å². The molecule has 40 heavy (non-hydrogen) atoms. The van der Waals surface area contributed by atoms with Crippen LogP contribution in [-0.4, -0.2) is 87.0 Å². The first-order valence-corrected chi connectivity index (χ1v) is 15.6. The van der Waals surface area contributed by atoms with Crippen LogP contribution in [0.3, 0.4) is 0 Å². The molecule has 0 aromatic carbocycles. The third-order valence-corrected chi connectivity index (χ3v) is 7.47. The molecule has 0 spiro atoms. The smallest absolute Gasteiger partial charge is 0.316 e. The van der Waals surface area contributed by atoms with Gasteiger partial charge in [-0.15, -0.1) is 0 Å². The van der Waals surface area contributed by atoms with Crippen molar-refractivity contribution >= 4 is 11.9 Å². The zero-order valence-electron chi connectivity index (χ0n) is 24.8. The van der Waals surface area contributed by atoms with Crippen LogP contribution >= 0.6 is 0 Å². The number of esters is 2. The standard InChI is InChI=1S/C30H56O10/c1-3-5-7-9-10-11-12-14-16-18-23(38-30-29(37)28(36)27(35)24(21-31)39-30)20-26(34)40-25(33)19-22(32)17-15-13-8-6-4-2/h22-24,27-32,35-37H,3-21H2,1-2H3/t22?,23?,24-,27-,28+,29-,30-/m1/s1. The largest absolute Gasteiger partial charge is 0.394 e. The van der Waals surface area contributed by atoms with Crippen molar-refractivity contribution in [2.24, 2.45) is 0 Å². The monoisotopic (exact) mass is 576 g/mol. The number of carbonyl (C=O) groups is 2. The molecule has 0 amide bonds. The van der Waals surface area contributed by atoms with Gasteiger partial charge in [0.1, 0.15) is 24.4 Å². The Kier molecular flexibility index (Phi) is 20.7. The molecule has 5 N–H and O–H groups in total. The lowest BCUT2D eigenvalue weighted by Crippen LogP contribution is -2.59. The minimum absolute atomic E-state index is 0.268.